The van der Waals surface area contributed by atoms with Crippen molar-refractivity contribution in [3.63, 3.8) is 0 Å². The number of nitrogens with zero attached hydrogens (tertiary/aromatic N) is 1. The highest BCUT2D eigenvalue weighted by molar-refractivity contribution is 9.09. The third-order valence-corrected chi connectivity index (χ3v) is 3.33. The first-order chi connectivity index (χ1) is 6.77. The molecule has 0 aliphatic heterocycles. The standard InChI is InChI=1S/C9H11BrN2O2/c10-7(6-1-2-6)5-11-9(13)8-3-4-14-12-8/h3-4,6-7H,1-2,5H2,(H,11,13). The summed E-state index contributed by atoms with van der Waals surface area (Å²) in [6.45, 7) is 0.649. The van der Waals surface area contributed by atoms with E-state index in [0.717, 1.165) is 5.92 Å². The van der Waals surface area contributed by atoms with Gasteiger partial charge in [0.15, 0.2) is 5.69 Å². The molecule has 1 aliphatic rings. The lowest BCUT2D eigenvalue weighted by Gasteiger charge is -2.08. The molecular weight excluding hydrogens is 248 g/mol. The van der Waals surface area contributed by atoms with Crippen LogP contribution in [0.3, 0.4) is 0 Å². The highest BCUT2D eigenvalue weighted by Crippen LogP contribution is 2.36. The van der Waals surface area contributed by atoms with E-state index in [1.54, 1.807) is 6.07 Å². The Bertz CT molecular complexity index is 309. The molecule has 1 unspecified atom stereocenters. The van der Waals surface area contributed by atoms with Crippen LogP contribution in [0.1, 0.15) is 23.3 Å². The van der Waals surface area contributed by atoms with Gasteiger partial charge in [-0.25, -0.2) is 0 Å². The number of nitrogens with one attached hydrogen (secondary N) is 1. The van der Waals surface area contributed by atoms with Gasteiger partial charge in [-0.05, 0) is 18.8 Å². The third-order valence-electron chi connectivity index (χ3n) is 2.26. The Morgan fingerprint density at radius 2 is 2.57 bits per heavy atom. The number of rotatable bonds is 4. The summed E-state index contributed by atoms with van der Waals surface area (Å²) >= 11 is 3.54. The first-order valence-corrected chi connectivity index (χ1v) is 5.51. The normalized spacial score (nSPS) is 17.8. The SMILES string of the molecule is O=C(NCC(Br)C1CC1)c1ccon1. The molecule has 4 nitrogen and oxygen atoms in total. The van der Waals surface area contributed by atoms with Gasteiger partial charge >= 0.3 is 0 Å². The smallest absolute Gasteiger partial charge is 0.273 e. The van der Waals surface area contributed by atoms with E-state index in [9.17, 15) is 4.79 Å². The predicted molar refractivity (Wildman–Crippen MR) is 54.3 cm³/mol. The van der Waals surface area contributed by atoms with Gasteiger partial charge in [0.25, 0.3) is 5.91 Å². The van der Waals surface area contributed by atoms with E-state index in [1.165, 1.54) is 19.1 Å². The summed E-state index contributed by atoms with van der Waals surface area (Å²) in [6, 6.07) is 1.55. The van der Waals surface area contributed by atoms with Crippen molar-refractivity contribution in [2.24, 2.45) is 5.92 Å². The molecule has 0 bridgehead atoms. The quantitative estimate of drug-likeness (QED) is 0.835. The molecule has 1 atom stereocenters. The minimum Gasteiger partial charge on any atom is -0.364 e. The molecule has 1 aliphatic carbocycles. The third kappa shape index (κ3) is 2.35. The molecule has 0 spiro atoms. The summed E-state index contributed by atoms with van der Waals surface area (Å²) in [5.41, 5.74) is 0.334. The Labute approximate surface area is 90.2 Å². The average molecular weight is 259 g/mol. The van der Waals surface area contributed by atoms with E-state index in [1.807, 2.05) is 0 Å². The fourth-order valence-corrected chi connectivity index (χ4v) is 1.93. The van der Waals surface area contributed by atoms with E-state index in [2.05, 4.69) is 30.9 Å². The highest BCUT2D eigenvalue weighted by atomic mass is 79.9. The molecule has 0 aromatic carbocycles. The zero-order chi connectivity index (χ0) is 9.97. The number of alkyl halides is 1. The largest absolute Gasteiger partial charge is 0.364 e. The number of hydrogen-bond donors (Lipinski definition) is 1. The second kappa shape index (κ2) is 4.13. The summed E-state index contributed by atoms with van der Waals surface area (Å²) in [4.78, 5) is 11.8. The Morgan fingerprint density at radius 3 is 3.14 bits per heavy atom. The molecule has 1 amide bonds. The van der Waals surface area contributed by atoms with E-state index >= 15 is 0 Å². The van der Waals surface area contributed by atoms with Crippen LogP contribution >= 0.6 is 15.9 Å². The zero-order valence-corrected chi connectivity index (χ0v) is 9.16. The highest BCUT2D eigenvalue weighted by Gasteiger charge is 2.29. The maximum atomic E-state index is 11.4. The van der Waals surface area contributed by atoms with Gasteiger partial charge in [-0.15, -0.1) is 0 Å². The molecule has 1 aromatic heterocycles. The predicted octanol–water partition coefficient (Wildman–Crippen LogP) is 1.58. The minimum atomic E-state index is -0.177. The van der Waals surface area contributed by atoms with E-state index < -0.39 is 0 Å². The first kappa shape index (κ1) is 9.71. The van der Waals surface area contributed by atoms with Crippen LogP contribution in [-0.2, 0) is 0 Å². The first-order valence-electron chi connectivity index (χ1n) is 4.60. The fraction of sp³-hybridized carbons (Fsp3) is 0.556. The van der Waals surface area contributed by atoms with Gasteiger partial charge in [-0.1, -0.05) is 21.1 Å². The van der Waals surface area contributed by atoms with Crippen molar-refractivity contribution in [3.8, 4) is 0 Å². The van der Waals surface area contributed by atoms with E-state index in [0.29, 0.717) is 17.1 Å². The van der Waals surface area contributed by atoms with Gasteiger partial charge < -0.3 is 9.84 Å². The Kier molecular flexibility index (Phi) is 2.86. The van der Waals surface area contributed by atoms with Gasteiger partial charge in [-0.2, -0.15) is 0 Å². The fourth-order valence-electron chi connectivity index (χ4n) is 1.24. The van der Waals surface area contributed by atoms with Crippen LogP contribution in [0.5, 0.6) is 0 Å². The number of carbonyl (C=O) groups excluding carboxylic acids is 1. The summed E-state index contributed by atoms with van der Waals surface area (Å²) in [7, 11) is 0. The van der Waals surface area contributed by atoms with Crippen LogP contribution in [0, 0.1) is 5.92 Å². The van der Waals surface area contributed by atoms with Crippen LogP contribution in [0.4, 0.5) is 0 Å². The summed E-state index contributed by atoms with van der Waals surface area (Å²) in [6.07, 6.45) is 3.91. The van der Waals surface area contributed by atoms with Crippen LogP contribution in [0.15, 0.2) is 16.9 Å². The molecule has 14 heavy (non-hydrogen) atoms. The zero-order valence-electron chi connectivity index (χ0n) is 7.57. The van der Waals surface area contributed by atoms with Gasteiger partial charge in [0, 0.05) is 17.4 Å². The topological polar surface area (TPSA) is 55.1 Å². The molecule has 0 saturated heterocycles. The van der Waals surface area contributed by atoms with Gasteiger partial charge in [0.2, 0.25) is 0 Å². The minimum absolute atomic E-state index is 0.177. The Balaban J connectivity index is 1.77. The molecule has 0 radical (unpaired) electrons. The van der Waals surface area contributed by atoms with Crippen LogP contribution in [0.2, 0.25) is 0 Å². The van der Waals surface area contributed by atoms with Gasteiger partial charge in [0.1, 0.15) is 6.26 Å². The molecule has 1 fully saturated rings. The number of amides is 1. The molecule has 5 heteroatoms. The molecular formula is C9H11BrN2O2. The van der Waals surface area contributed by atoms with Crippen LogP contribution in [0.25, 0.3) is 0 Å². The molecule has 1 aromatic rings. The van der Waals surface area contributed by atoms with E-state index in [-0.39, 0.29) is 5.91 Å². The van der Waals surface area contributed by atoms with Gasteiger partial charge in [0.05, 0.1) is 0 Å². The molecule has 1 heterocycles. The van der Waals surface area contributed by atoms with Gasteiger partial charge in [-0.3, -0.25) is 4.79 Å². The molecule has 1 saturated carbocycles. The monoisotopic (exact) mass is 258 g/mol. The second-order valence-corrected chi connectivity index (χ2v) is 4.62. The lowest BCUT2D eigenvalue weighted by molar-refractivity contribution is 0.0944. The molecule has 1 N–H and O–H groups in total. The van der Waals surface area contributed by atoms with Crippen molar-refractivity contribution in [2.45, 2.75) is 17.7 Å². The molecule has 76 valence electrons. The van der Waals surface area contributed by atoms with Crippen molar-refractivity contribution in [1.29, 1.82) is 0 Å². The number of hydrogen-bond acceptors (Lipinski definition) is 3. The number of halogens is 1. The van der Waals surface area contributed by atoms with Crippen molar-refractivity contribution >= 4 is 21.8 Å². The van der Waals surface area contributed by atoms with Crippen molar-refractivity contribution in [1.82, 2.24) is 10.5 Å². The van der Waals surface area contributed by atoms with Crippen LogP contribution in [-0.4, -0.2) is 22.4 Å². The maximum Gasteiger partial charge on any atom is 0.273 e. The maximum absolute atomic E-state index is 11.4. The number of aromatic nitrogens is 1. The van der Waals surface area contributed by atoms with Crippen molar-refractivity contribution in [2.75, 3.05) is 6.54 Å². The second-order valence-electron chi connectivity index (χ2n) is 3.45. The summed E-state index contributed by atoms with van der Waals surface area (Å²) < 4.78 is 4.58. The van der Waals surface area contributed by atoms with Crippen LogP contribution < -0.4 is 5.32 Å². The Morgan fingerprint density at radius 1 is 1.79 bits per heavy atom. The van der Waals surface area contributed by atoms with E-state index in [4.69, 9.17) is 0 Å². The lowest BCUT2D eigenvalue weighted by atomic mass is 10.3. The summed E-state index contributed by atoms with van der Waals surface area (Å²) in [5, 5.41) is 6.35. The summed E-state index contributed by atoms with van der Waals surface area (Å²) in [5.74, 6) is 0.552. The lowest BCUT2D eigenvalue weighted by Crippen LogP contribution is -2.30. The molecule has 2 rings (SSSR count). The number of carbonyl (C=O) groups is 1. The average Bonchev–Trinajstić information content (AvgIpc) is 2.90. The Hall–Kier alpha value is -0.840. The van der Waals surface area contributed by atoms with Crippen molar-refractivity contribution < 1.29 is 9.32 Å². The van der Waals surface area contributed by atoms with Crippen molar-refractivity contribution in [3.05, 3.63) is 18.0 Å².